The van der Waals surface area contributed by atoms with E-state index in [4.69, 9.17) is 5.73 Å². The first-order valence-corrected chi connectivity index (χ1v) is 7.96. The first kappa shape index (κ1) is 15.5. The third kappa shape index (κ3) is 3.62. The highest BCUT2D eigenvalue weighted by molar-refractivity contribution is 5.29. The Balaban J connectivity index is 2.01. The van der Waals surface area contributed by atoms with Crippen LogP contribution in [0, 0.1) is 5.92 Å². The van der Waals surface area contributed by atoms with E-state index in [9.17, 15) is 0 Å². The number of hydrogen-bond donors (Lipinski definition) is 1. The number of piperidine rings is 1. The molecule has 1 aromatic carbocycles. The van der Waals surface area contributed by atoms with Crippen LogP contribution in [0.25, 0.3) is 0 Å². The average molecular weight is 274 g/mol. The van der Waals surface area contributed by atoms with Gasteiger partial charge >= 0.3 is 0 Å². The molecule has 1 heterocycles. The summed E-state index contributed by atoms with van der Waals surface area (Å²) in [7, 11) is 0. The first-order valence-electron chi connectivity index (χ1n) is 7.96. The van der Waals surface area contributed by atoms with Crippen molar-refractivity contribution in [1.29, 1.82) is 0 Å². The molecule has 0 aliphatic carbocycles. The molecule has 1 aromatic rings. The highest BCUT2D eigenvalue weighted by atomic mass is 15.2. The van der Waals surface area contributed by atoms with Crippen molar-refractivity contribution in [3.63, 3.8) is 0 Å². The van der Waals surface area contributed by atoms with E-state index in [1.165, 1.54) is 37.1 Å². The van der Waals surface area contributed by atoms with E-state index in [-0.39, 0.29) is 5.41 Å². The van der Waals surface area contributed by atoms with Gasteiger partial charge in [0, 0.05) is 6.04 Å². The molecule has 0 aromatic heterocycles. The number of nitrogens with two attached hydrogens (primary N) is 1. The van der Waals surface area contributed by atoms with Crippen LogP contribution in [0.5, 0.6) is 0 Å². The van der Waals surface area contributed by atoms with Crippen LogP contribution in [0.3, 0.4) is 0 Å². The van der Waals surface area contributed by atoms with Gasteiger partial charge in [0.25, 0.3) is 0 Å². The summed E-state index contributed by atoms with van der Waals surface area (Å²) < 4.78 is 0. The molecule has 1 unspecified atom stereocenters. The predicted molar refractivity (Wildman–Crippen MR) is 86.9 cm³/mol. The van der Waals surface area contributed by atoms with Gasteiger partial charge in [0.05, 0.1) is 0 Å². The van der Waals surface area contributed by atoms with Crippen LogP contribution in [0.1, 0.15) is 57.7 Å². The molecule has 2 nitrogen and oxygen atoms in total. The maximum atomic E-state index is 5.77. The van der Waals surface area contributed by atoms with E-state index in [0.29, 0.717) is 6.04 Å². The zero-order valence-electron chi connectivity index (χ0n) is 13.5. The van der Waals surface area contributed by atoms with E-state index in [1.54, 1.807) is 0 Å². The molecular weight excluding hydrogens is 244 g/mol. The van der Waals surface area contributed by atoms with Crippen LogP contribution in [-0.2, 0) is 5.41 Å². The second-order valence-electron chi connectivity index (χ2n) is 7.26. The Morgan fingerprint density at radius 3 is 2.15 bits per heavy atom. The van der Waals surface area contributed by atoms with E-state index in [2.05, 4.69) is 56.9 Å². The minimum atomic E-state index is 0.237. The predicted octanol–water partition coefficient (Wildman–Crippen LogP) is 3.72. The average Bonchev–Trinajstić information content (AvgIpc) is 2.46. The Morgan fingerprint density at radius 2 is 1.70 bits per heavy atom. The molecule has 112 valence electrons. The van der Waals surface area contributed by atoms with Crippen LogP contribution in [-0.4, -0.2) is 24.5 Å². The summed E-state index contributed by atoms with van der Waals surface area (Å²) in [6.07, 6.45) is 2.50. The second-order valence-corrected chi connectivity index (χ2v) is 7.26. The van der Waals surface area contributed by atoms with Crippen molar-refractivity contribution in [1.82, 2.24) is 4.90 Å². The largest absolute Gasteiger partial charge is 0.330 e. The SMILES string of the molecule is CC(c1ccc(C(C)(C)C)cc1)N1CCC(CN)CC1. The fraction of sp³-hybridized carbons (Fsp3) is 0.667. The van der Waals surface area contributed by atoms with Crippen molar-refractivity contribution < 1.29 is 0 Å². The smallest absolute Gasteiger partial charge is 0.0319 e. The monoisotopic (exact) mass is 274 g/mol. The lowest BCUT2D eigenvalue weighted by molar-refractivity contribution is 0.143. The standard InChI is InChI=1S/C18H30N2/c1-14(20-11-9-15(13-19)10-12-20)16-5-7-17(8-6-16)18(2,3)4/h5-8,14-15H,9-13,19H2,1-4H3. The minimum absolute atomic E-state index is 0.237. The zero-order chi connectivity index (χ0) is 14.8. The Labute approximate surface area is 124 Å². The van der Waals surface area contributed by atoms with Gasteiger partial charge in [-0.15, -0.1) is 0 Å². The van der Waals surface area contributed by atoms with Gasteiger partial charge in [-0.2, -0.15) is 0 Å². The summed E-state index contributed by atoms with van der Waals surface area (Å²) in [5.41, 5.74) is 8.86. The van der Waals surface area contributed by atoms with E-state index < -0.39 is 0 Å². The quantitative estimate of drug-likeness (QED) is 0.910. The summed E-state index contributed by atoms with van der Waals surface area (Å²) in [6.45, 7) is 12.3. The van der Waals surface area contributed by atoms with Gasteiger partial charge in [-0.05, 0) is 61.9 Å². The van der Waals surface area contributed by atoms with Crippen molar-refractivity contribution in [2.24, 2.45) is 11.7 Å². The van der Waals surface area contributed by atoms with Crippen molar-refractivity contribution >= 4 is 0 Å². The maximum Gasteiger partial charge on any atom is 0.0319 e. The molecular formula is C18H30N2. The molecule has 1 aliphatic rings. The van der Waals surface area contributed by atoms with Crippen molar-refractivity contribution in [3.05, 3.63) is 35.4 Å². The summed E-state index contributed by atoms with van der Waals surface area (Å²) in [6, 6.07) is 9.71. The molecule has 1 fully saturated rings. The molecule has 0 amide bonds. The van der Waals surface area contributed by atoms with Crippen LogP contribution in [0.2, 0.25) is 0 Å². The van der Waals surface area contributed by atoms with Gasteiger partial charge in [-0.1, -0.05) is 45.0 Å². The highest BCUT2D eigenvalue weighted by Crippen LogP contribution is 2.28. The number of benzene rings is 1. The Hall–Kier alpha value is -0.860. The number of likely N-dealkylation sites (tertiary alicyclic amines) is 1. The molecule has 1 aliphatic heterocycles. The minimum Gasteiger partial charge on any atom is -0.330 e. The summed E-state index contributed by atoms with van der Waals surface area (Å²) >= 11 is 0. The number of nitrogens with zero attached hydrogens (tertiary/aromatic N) is 1. The van der Waals surface area contributed by atoms with Gasteiger partial charge in [-0.3, -0.25) is 4.90 Å². The molecule has 1 atom stereocenters. The third-order valence-electron chi connectivity index (χ3n) is 4.79. The van der Waals surface area contributed by atoms with E-state index in [0.717, 1.165) is 12.5 Å². The van der Waals surface area contributed by atoms with Crippen LogP contribution in [0.4, 0.5) is 0 Å². The lowest BCUT2D eigenvalue weighted by Gasteiger charge is -2.36. The molecule has 0 bridgehead atoms. The Kier molecular flexibility index (Phi) is 4.87. The lowest BCUT2D eigenvalue weighted by Crippen LogP contribution is -2.37. The van der Waals surface area contributed by atoms with Crippen molar-refractivity contribution in [2.45, 2.75) is 52.0 Å². The number of rotatable bonds is 3. The molecule has 2 N–H and O–H groups in total. The van der Waals surface area contributed by atoms with Gasteiger partial charge in [-0.25, -0.2) is 0 Å². The topological polar surface area (TPSA) is 29.3 Å². The van der Waals surface area contributed by atoms with E-state index >= 15 is 0 Å². The summed E-state index contributed by atoms with van der Waals surface area (Å²) in [4.78, 5) is 2.60. The zero-order valence-corrected chi connectivity index (χ0v) is 13.5. The van der Waals surface area contributed by atoms with E-state index in [1.807, 2.05) is 0 Å². The fourth-order valence-electron chi connectivity index (χ4n) is 3.05. The van der Waals surface area contributed by atoms with Crippen LogP contribution in [0.15, 0.2) is 24.3 Å². The lowest BCUT2D eigenvalue weighted by atomic mass is 9.86. The molecule has 2 rings (SSSR count). The molecule has 0 spiro atoms. The van der Waals surface area contributed by atoms with Gasteiger partial charge in [0.2, 0.25) is 0 Å². The highest BCUT2D eigenvalue weighted by Gasteiger charge is 2.23. The van der Waals surface area contributed by atoms with Crippen molar-refractivity contribution in [2.75, 3.05) is 19.6 Å². The molecule has 0 saturated carbocycles. The second kappa shape index (κ2) is 6.28. The normalized spacial score (nSPS) is 20.1. The molecule has 1 saturated heterocycles. The van der Waals surface area contributed by atoms with Crippen molar-refractivity contribution in [3.8, 4) is 0 Å². The molecule has 2 heteroatoms. The number of hydrogen-bond acceptors (Lipinski definition) is 2. The van der Waals surface area contributed by atoms with Gasteiger partial charge in [0.1, 0.15) is 0 Å². The molecule has 20 heavy (non-hydrogen) atoms. The Morgan fingerprint density at radius 1 is 1.15 bits per heavy atom. The van der Waals surface area contributed by atoms with Gasteiger partial charge in [0.15, 0.2) is 0 Å². The third-order valence-corrected chi connectivity index (χ3v) is 4.79. The maximum absolute atomic E-state index is 5.77. The fourth-order valence-corrected chi connectivity index (χ4v) is 3.05. The van der Waals surface area contributed by atoms with Crippen LogP contribution >= 0.6 is 0 Å². The van der Waals surface area contributed by atoms with Gasteiger partial charge < -0.3 is 5.73 Å². The first-order chi connectivity index (χ1) is 9.41. The summed E-state index contributed by atoms with van der Waals surface area (Å²) in [5.74, 6) is 0.738. The molecule has 0 radical (unpaired) electrons. The summed E-state index contributed by atoms with van der Waals surface area (Å²) in [5, 5.41) is 0. The van der Waals surface area contributed by atoms with Crippen LogP contribution < -0.4 is 5.73 Å². The Bertz CT molecular complexity index is 408.